The number of hydrogen-bond donors (Lipinski definition) is 0. The normalized spacial score (nSPS) is 20.7. The van der Waals surface area contributed by atoms with Gasteiger partial charge in [-0.25, -0.2) is 25.3 Å². The second-order valence-corrected chi connectivity index (χ2v) is 14.0. The van der Waals surface area contributed by atoms with Crippen LogP contribution in [0, 0.1) is 0 Å². The maximum absolute atomic E-state index is 13.9. The summed E-state index contributed by atoms with van der Waals surface area (Å²) in [5.41, 5.74) is 1.01. The van der Waals surface area contributed by atoms with Gasteiger partial charge in [0, 0.05) is 33.4 Å². The summed E-state index contributed by atoms with van der Waals surface area (Å²) in [4.78, 5) is -0.790. The van der Waals surface area contributed by atoms with Gasteiger partial charge in [-0.15, -0.1) is 0 Å². The molecule has 0 fully saturated rings. The molecule has 6 nitrogen and oxygen atoms in total. The minimum absolute atomic E-state index is 0.0141. The first kappa shape index (κ1) is 20.1. The highest BCUT2D eigenvalue weighted by Crippen LogP contribution is 2.62. The second kappa shape index (κ2) is 6.04. The van der Waals surface area contributed by atoms with Crippen molar-refractivity contribution in [2.75, 3.05) is 0 Å². The van der Waals surface area contributed by atoms with Crippen LogP contribution in [0.25, 0.3) is 27.8 Å². The minimum atomic E-state index is -4.19. The highest BCUT2D eigenvalue weighted by atomic mass is 32.2. The summed E-state index contributed by atoms with van der Waals surface area (Å²) in [7, 11) is -12.6. The summed E-state index contributed by atoms with van der Waals surface area (Å²) in [6.45, 7) is 0. The third kappa shape index (κ3) is 2.09. The standard InChI is InChI=1S/C25H14O6S3/c26-32(27)17-11-3-1-2-8-14(17)20-23(32)21-15-9-4-7-13-19(15)34(30,31)25(21)22-16-10-5-6-12-18(16)33(28,29)24(20)22/h2-13H,1H2. The second-order valence-electron chi connectivity index (χ2n) is 8.43. The molecule has 0 saturated heterocycles. The number of rotatable bonds is 0. The van der Waals surface area contributed by atoms with Gasteiger partial charge < -0.3 is 0 Å². The molecule has 3 aromatic carbocycles. The maximum atomic E-state index is 13.9. The van der Waals surface area contributed by atoms with Gasteiger partial charge in [0.15, 0.2) is 0 Å². The third-order valence-corrected chi connectivity index (χ3v) is 12.4. The summed E-state index contributed by atoms with van der Waals surface area (Å²) >= 11 is 0. The van der Waals surface area contributed by atoms with Crippen molar-refractivity contribution in [3.8, 4) is 22.3 Å². The van der Waals surface area contributed by atoms with Crippen molar-refractivity contribution < 1.29 is 25.3 Å². The molecule has 3 aliphatic heterocycles. The van der Waals surface area contributed by atoms with E-state index in [2.05, 4.69) is 0 Å². The van der Waals surface area contributed by atoms with Crippen LogP contribution in [0.3, 0.4) is 0 Å². The molecule has 0 amide bonds. The van der Waals surface area contributed by atoms with Gasteiger partial charge in [0.1, 0.15) is 0 Å². The molecular formula is C25H14O6S3. The Labute approximate surface area is 196 Å². The number of benzene rings is 3. The fraction of sp³-hybridized carbons (Fsp3) is 0.0400. The van der Waals surface area contributed by atoms with Gasteiger partial charge in [-0.05, 0) is 24.6 Å². The maximum Gasteiger partial charge on any atom is 0.208 e. The van der Waals surface area contributed by atoms with Gasteiger partial charge >= 0.3 is 0 Å². The summed E-state index contributed by atoms with van der Waals surface area (Å²) in [6, 6.07) is 12.4. The van der Waals surface area contributed by atoms with Crippen LogP contribution in [0.2, 0.25) is 0 Å². The van der Waals surface area contributed by atoms with Crippen LogP contribution in [0.4, 0.5) is 0 Å². The van der Waals surface area contributed by atoms with E-state index in [0.29, 0.717) is 6.42 Å². The fourth-order valence-corrected chi connectivity index (χ4v) is 11.3. The first-order chi connectivity index (χ1) is 16.2. The molecule has 1 aliphatic carbocycles. The molecule has 168 valence electrons. The highest BCUT2D eigenvalue weighted by Gasteiger charge is 2.52. The molecule has 3 aromatic rings. The van der Waals surface area contributed by atoms with Crippen LogP contribution in [0.5, 0.6) is 0 Å². The molecule has 3 heterocycles. The minimum Gasteiger partial charge on any atom is -0.218 e. The van der Waals surface area contributed by atoms with Crippen LogP contribution < -0.4 is 0 Å². The predicted molar refractivity (Wildman–Crippen MR) is 125 cm³/mol. The molecule has 0 N–H and O–H groups in total. The van der Waals surface area contributed by atoms with E-state index < -0.39 is 29.5 Å². The van der Waals surface area contributed by atoms with Crippen LogP contribution in [-0.4, -0.2) is 25.3 Å². The van der Waals surface area contributed by atoms with E-state index in [1.165, 1.54) is 18.2 Å². The first-order valence-electron chi connectivity index (χ1n) is 10.4. The van der Waals surface area contributed by atoms with E-state index in [0.717, 1.165) is 0 Å². The van der Waals surface area contributed by atoms with Crippen LogP contribution in [-0.2, 0) is 29.5 Å². The van der Waals surface area contributed by atoms with E-state index in [1.807, 2.05) is 0 Å². The van der Waals surface area contributed by atoms with Gasteiger partial charge in [-0.3, -0.25) is 0 Å². The van der Waals surface area contributed by atoms with E-state index in [-0.39, 0.29) is 62.8 Å². The summed E-state index contributed by atoms with van der Waals surface area (Å²) in [5, 5.41) is 0. The largest absolute Gasteiger partial charge is 0.218 e. The average Bonchev–Trinajstić information content (AvgIpc) is 3.14. The number of fused-ring (bicyclic) bond motifs is 11. The molecule has 7 rings (SSSR count). The molecule has 0 radical (unpaired) electrons. The number of sulfone groups is 3. The quantitative estimate of drug-likeness (QED) is 0.310. The summed E-state index contributed by atoms with van der Waals surface area (Å²) in [5.74, 6) is 0. The lowest BCUT2D eigenvalue weighted by Crippen LogP contribution is -2.08. The third-order valence-electron chi connectivity index (χ3n) is 6.71. The molecule has 4 aliphatic rings. The van der Waals surface area contributed by atoms with E-state index >= 15 is 0 Å². The lowest BCUT2D eigenvalue weighted by molar-refractivity contribution is 0.598. The molecule has 0 spiro atoms. The molecule has 0 aromatic heterocycles. The van der Waals surface area contributed by atoms with Crippen molar-refractivity contribution >= 4 is 35.1 Å². The zero-order valence-electron chi connectivity index (χ0n) is 17.3. The van der Waals surface area contributed by atoms with Crippen LogP contribution in [0.1, 0.15) is 12.0 Å². The first-order valence-corrected chi connectivity index (χ1v) is 14.9. The lowest BCUT2D eigenvalue weighted by atomic mass is 9.93. The zero-order valence-corrected chi connectivity index (χ0v) is 19.8. The van der Waals surface area contributed by atoms with Crippen molar-refractivity contribution in [3.63, 3.8) is 0 Å². The van der Waals surface area contributed by atoms with Gasteiger partial charge in [0.05, 0.1) is 29.4 Å². The Kier molecular flexibility index (Phi) is 3.58. The van der Waals surface area contributed by atoms with Crippen molar-refractivity contribution in [1.82, 2.24) is 0 Å². The van der Waals surface area contributed by atoms with E-state index in [1.54, 1.807) is 54.6 Å². The Bertz CT molecular complexity index is 1960. The Hall–Kier alpha value is -3.27. The smallest absolute Gasteiger partial charge is 0.208 e. The van der Waals surface area contributed by atoms with Gasteiger partial charge in [0.2, 0.25) is 29.5 Å². The van der Waals surface area contributed by atoms with Gasteiger partial charge in [-0.1, -0.05) is 54.6 Å². The van der Waals surface area contributed by atoms with Crippen molar-refractivity contribution in [1.29, 1.82) is 0 Å². The van der Waals surface area contributed by atoms with Gasteiger partial charge in [0.25, 0.3) is 0 Å². The monoisotopic (exact) mass is 506 g/mol. The molecule has 34 heavy (non-hydrogen) atoms. The number of hydrogen-bond acceptors (Lipinski definition) is 6. The van der Waals surface area contributed by atoms with Crippen LogP contribution >= 0.6 is 0 Å². The fourth-order valence-electron chi connectivity index (χ4n) is 5.42. The SMILES string of the molecule is O=S1(=O)C2=C(C=CCC=C2)c2c1c1c(c3c2S(=O)(=O)c2ccccc2-3)S(=O)(=O)c2ccccc2-1. The molecule has 9 heteroatoms. The van der Waals surface area contributed by atoms with Crippen molar-refractivity contribution in [3.05, 3.63) is 83.3 Å². The Morgan fingerprint density at radius 2 is 1.00 bits per heavy atom. The molecular weight excluding hydrogens is 492 g/mol. The molecule has 0 saturated carbocycles. The highest BCUT2D eigenvalue weighted by molar-refractivity contribution is 7.97. The van der Waals surface area contributed by atoms with Crippen LogP contribution in [0.15, 0.2) is 102 Å². The van der Waals surface area contributed by atoms with Crippen molar-refractivity contribution in [2.45, 2.75) is 30.9 Å². The number of allylic oxidation sites excluding steroid dienone is 5. The molecule has 0 bridgehead atoms. The zero-order chi connectivity index (χ0) is 23.6. The van der Waals surface area contributed by atoms with Gasteiger partial charge in [-0.2, -0.15) is 0 Å². The van der Waals surface area contributed by atoms with E-state index in [9.17, 15) is 25.3 Å². The summed E-state index contributed by atoms with van der Waals surface area (Å²) < 4.78 is 83.1. The molecule has 0 atom stereocenters. The Morgan fingerprint density at radius 1 is 0.529 bits per heavy atom. The van der Waals surface area contributed by atoms with Crippen molar-refractivity contribution in [2.24, 2.45) is 0 Å². The van der Waals surface area contributed by atoms with E-state index in [4.69, 9.17) is 0 Å². The topological polar surface area (TPSA) is 102 Å². The predicted octanol–water partition coefficient (Wildman–Crippen LogP) is 4.33. The Balaban J connectivity index is 1.83. The lowest BCUT2D eigenvalue weighted by Gasteiger charge is -2.15. The Morgan fingerprint density at radius 3 is 1.59 bits per heavy atom. The average molecular weight is 507 g/mol. The molecule has 0 unspecified atom stereocenters. The summed E-state index contributed by atoms with van der Waals surface area (Å²) in [6.07, 6.45) is 7.06.